The Morgan fingerprint density at radius 3 is 3.00 bits per heavy atom. The number of hydrogen-bond donors (Lipinski definition) is 1. The van der Waals surface area contributed by atoms with E-state index in [1.54, 1.807) is 12.3 Å². The molecular formula is C11H15N5O. The maximum Gasteiger partial charge on any atom is 0.228 e. The number of likely N-dealkylation sites (N-methyl/N-ethyl adjacent to an activating group) is 1. The van der Waals surface area contributed by atoms with Crippen LogP contribution >= 0.6 is 0 Å². The first kappa shape index (κ1) is 11.7. The molecular weight excluding hydrogens is 218 g/mol. The minimum atomic E-state index is 0.355. The van der Waals surface area contributed by atoms with Gasteiger partial charge in [-0.2, -0.15) is 4.98 Å². The van der Waals surface area contributed by atoms with Gasteiger partial charge in [0, 0.05) is 18.7 Å². The highest BCUT2D eigenvalue weighted by Gasteiger charge is 2.13. The minimum absolute atomic E-state index is 0.355. The lowest BCUT2D eigenvalue weighted by Gasteiger charge is -2.09. The predicted octanol–water partition coefficient (Wildman–Crippen LogP) is 1.07. The summed E-state index contributed by atoms with van der Waals surface area (Å²) in [5, 5.41) is 7.10. The van der Waals surface area contributed by atoms with E-state index < -0.39 is 0 Å². The van der Waals surface area contributed by atoms with Gasteiger partial charge in [0.1, 0.15) is 12.0 Å². The number of hydrogen-bond acceptors (Lipinski definition) is 6. The van der Waals surface area contributed by atoms with Gasteiger partial charge in [-0.1, -0.05) is 12.1 Å². The Balaban J connectivity index is 2.11. The third-order valence-electron chi connectivity index (χ3n) is 2.60. The molecule has 0 aliphatic rings. The molecule has 6 heteroatoms. The Morgan fingerprint density at radius 2 is 2.35 bits per heavy atom. The molecule has 1 atom stereocenters. The van der Waals surface area contributed by atoms with Gasteiger partial charge >= 0.3 is 0 Å². The first-order valence-electron chi connectivity index (χ1n) is 5.59. The van der Waals surface area contributed by atoms with Crippen LogP contribution in [0.5, 0.6) is 0 Å². The molecule has 17 heavy (non-hydrogen) atoms. The average molecular weight is 233 g/mol. The van der Waals surface area contributed by atoms with Crippen molar-refractivity contribution in [3.63, 3.8) is 0 Å². The molecule has 0 saturated heterocycles. The summed E-state index contributed by atoms with van der Waals surface area (Å²) >= 11 is 0. The molecule has 0 fully saturated rings. The van der Waals surface area contributed by atoms with Gasteiger partial charge in [-0.05, 0) is 19.5 Å². The fraction of sp³-hybridized carbons (Fsp3) is 0.455. The van der Waals surface area contributed by atoms with Crippen molar-refractivity contribution in [1.82, 2.24) is 25.4 Å². The zero-order chi connectivity index (χ0) is 12.1. The van der Waals surface area contributed by atoms with Crippen molar-refractivity contribution in [3.8, 4) is 11.5 Å². The molecule has 2 heterocycles. The average Bonchev–Trinajstić information content (AvgIpc) is 2.85. The van der Waals surface area contributed by atoms with Crippen molar-refractivity contribution in [3.05, 3.63) is 24.5 Å². The van der Waals surface area contributed by atoms with E-state index in [9.17, 15) is 0 Å². The summed E-state index contributed by atoms with van der Waals surface area (Å²) in [6, 6.07) is 2.11. The van der Waals surface area contributed by atoms with Crippen molar-refractivity contribution in [2.75, 3.05) is 7.05 Å². The van der Waals surface area contributed by atoms with Crippen LogP contribution in [0.3, 0.4) is 0 Å². The highest BCUT2D eigenvalue weighted by atomic mass is 16.5. The molecule has 1 N–H and O–H groups in total. The lowest BCUT2D eigenvalue weighted by molar-refractivity contribution is 0.359. The van der Waals surface area contributed by atoms with Gasteiger partial charge in [-0.3, -0.25) is 0 Å². The maximum atomic E-state index is 5.19. The lowest BCUT2D eigenvalue weighted by Crippen LogP contribution is -2.26. The standard InChI is InChI=1S/C11H15N5O/c1-3-8(12-2)6-10-15-11(16-17-10)9-4-5-13-7-14-9/h4-5,7-8,12H,3,6H2,1-2H3. The predicted molar refractivity (Wildman–Crippen MR) is 62.2 cm³/mol. The summed E-state index contributed by atoms with van der Waals surface area (Å²) in [4.78, 5) is 12.2. The Bertz CT molecular complexity index is 452. The van der Waals surface area contributed by atoms with E-state index in [0.29, 0.717) is 23.5 Å². The zero-order valence-corrected chi connectivity index (χ0v) is 9.92. The van der Waals surface area contributed by atoms with Crippen LogP contribution in [0.25, 0.3) is 11.5 Å². The van der Waals surface area contributed by atoms with Crippen LogP contribution in [-0.2, 0) is 6.42 Å². The van der Waals surface area contributed by atoms with E-state index in [-0.39, 0.29) is 0 Å². The van der Waals surface area contributed by atoms with Crippen LogP contribution in [0.1, 0.15) is 19.2 Å². The van der Waals surface area contributed by atoms with Crippen LogP contribution in [0.15, 0.2) is 23.1 Å². The summed E-state index contributed by atoms with van der Waals surface area (Å²) in [6.07, 6.45) is 4.86. The molecule has 90 valence electrons. The smallest absolute Gasteiger partial charge is 0.228 e. The lowest BCUT2D eigenvalue weighted by atomic mass is 10.1. The molecule has 0 spiro atoms. The highest BCUT2D eigenvalue weighted by Crippen LogP contribution is 2.12. The second-order valence-electron chi connectivity index (χ2n) is 3.70. The van der Waals surface area contributed by atoms with Crippen molar-refractivity contribution in [1.29, 1.82) is 0 Å². The number of aromatic nitrogens is 4. The molecule has 6 nitrogen and oxygen atoms in total. The van der Waals surface area contributed by atoms with Crippen molar-refractivity contribution < 1.29 is 4.52 Å². The van der Waals surface area contributed by atoms with E-state index in [1.807, 2.05) is 7.05 Å². The highest BCUT2D eigenvalue weighted by molar-refractivity contribution is 5.46. The van der Waals surface area contributed by atoms with Crippen molar-refractivity contribution in [2.45, 2.75) is 25.8 Å². The second kappa shape index (κ2) is 5.49. The van der Waals surface area contributed by atoms with Gasteiger partial charge in [0.15, 0.2) is 0 Å². The summed E-state index contributed by atoms with van der Waals surface area (Å²) in [6.45, 7) is 2.11. The van der Waals surface area contributed by atoms with Crippen molar-refractivity contribution in [2.24, 2.45) is 0 Å². The van der Waals surface area contributed by atoms with Crippen molar-refractivity contribution >= 4 is 0 Å². The molecule has 2 aromatic rings. The SMILES string of the molecule is CCC(Cc1nc(-c2ccncn2)no1)NC. The number of rotatable bonds is 5. The Kier molecular flexibility index (Phi) is 3.77. The number of nitrogens with one attached hydrogen (secondary N) is 1. The molecule has 2 aromatic heterocycles. The largest absolute Gasteiger partial charge is 0.339 e. The summed E-state index contributed by atoms with van der Waals surface area (Å²) in [5.74, 6) is 1.13. The third-order valence-corrected chi connectivity index (χ3v) is 2.60. The number of nitrogens with zero attached hydrogens (tertiary/aromatic N) is 4. The minimum Gasteiger partial charge on any atom is -0.339 e. The Labute approximate surface area is 99.5 Å². The molecule has 0 amide bonds. The normalized spacial score (nSPS) is 12.6. The third kappa shape index (κ3) is 2.85. The van der Waals surface area contributed by atoms with Gasteiger partial charge < -0.3 is 9.84 Å². The quantitative estimate of drug-likeness (QED) is 0.832. The van der Waals surface area contributed by atoms with Gasteiger partial charge in [0.05, 0.1) is 0 Å². The molecule has 0 aromatic carbocycles. The van der Waals surface area contributed by atoms with E-state index in [4.69, 9.17) is 4.52 Å². The Hall–Kier alpha value is -1.82. The molecule has 0 radical (unpaired) electrons. The molecule has 0 aliphatic heterocycles. The van der Waals surface area contributed by atoms with Crippen LogP contribution in [0, 0.1) is 0 Å². The topological polar surface area (TPSA) is 76.7 Å². The monoisotopic (exact) mass is 233 g/mol. The fourth-order valence-electron chi connectivity index (χ4n) is 1.53. The van der Waals surface area contributed by atoms with E-state index in [1.165, 1.54) is 6.33 Å². The van der Waals surface area contributed by atoms with Crippen LogP contribution < -0.4 is 5.32 Å². The molecule has 1 unspecified atom stereocenters. The first-order chi connectivity index (χ1) is 8.33. The fourth-order valence-corrected chi connectivity index (χ4v) is 1.53. The van der Waals surface area contributed by atoms with E-state index in [2.05, 4.69) is 32.3 Å². The van der Waals surface area contributed by atoms with Gasteiger partial charge in [0.25, 0.3) is 0 Å². The summed E-state index contributed by atoms with van der Waals surface area (Å²) in [5.41, 5.74) is 0.674. The Morgan fingerprint density at radius 1 is 1.47 bits per heavy atom. The molecule has 2 rings (SSSR count). The first-order valence-corrected chi connectivity index (χ1v) is 5.59. The van der Waals surface area contributed by atoms with E-state index >= 15 is 0 Å². The van der Waals surface area contributed by atoms with Crippen LogP contribution in [-0.4, -0.2) is 33.2 Å². The molecule has 0 saturated carbocycles. The maximum absolute atomic E-state index is 5.19. The zero-order valence-electron chi connectivity index (χ0n) is 9.92. The van der Waals surface area contributed by atoms with E-state index in [0.717, 1.165) is 12.8 Å². The molecule has 0 bridgehead atoms. The summed E-state index contributed by atoms with van der Waals surface area (Å²) < 4.78 is 5.19. The summed E-state index contributed by atoms with van der Waals surface area (Å²) in [7, 11) is 1.93. The van der Waals surface area contributed by atoms with Gasteiger partial charge in [-0.25, -0.2) is 9.97 Å². The molecule has 0 aliphatic carbocycles. The van der Waals surface area contributed by atoms with Crippen LogP contribution in [0.4, 0.5) is 0 Å². The van der Waals surface area contributed by atoms with Gasteiger partial charge in [0.2, 0.25) is 11.7 Å². The van der Waals surface area contributed by atoms with Gasteiger partial charge in [-0.15, -0.1) is 0 Å². The second-order valence-corrected chi connectivity index (χ2v) is 3.70. The van der Waals surface area contributed by atoms with Crippen LogP contribution in [0.2, 0.25) is 0 Å².